The average Bonchev–Trinajstić information content (AvgIpc) is 2.24. The SMILES string of the molecule is [C-]#[N+]CC[Si]1(C)O[Si]2(c3ccccc3)O[SiH](c3ccccc3)O[Si]3(c4ccccc4)O[Si]4(c5ccccc5)O[Si](C)(CCC#N)O[SiH](c5ccccc5)O[Si](c5ccccc5)(O2)O[Si](c2ccccc2)(O4)O[Si](c2ccccc2)(O1)O3. The van der Waals surface area contributed by atoms with Crippen molar-refractivity contribution in [2.24, 2.45) is 0 Å². The monoisotopic (exact) mass is 1240 g/mol. The van der Waals surface area contributed by atoms with Crippen molar-refractivity contribution in [2.75, 3.05) is 6.54 Å². The second kappa shape index (κ2) is 23.2. The van der Waals surface area contributed by atoms with Crippen LogP contribution >= 0.6 is 0 Å². The van der Waals surface area contributed by atoms with E-state index in [0.29, 0.717) is 36.3 Å². The zero-order valence-corrected chi connectivity index (χ0v) is 54.6. The maximum atomic E-state index is 10.6. The number of nitrogens with zero attached hydrogens (tertiary/aromatic N) is 2. The van der Waals surface area contributed by atoms with Gasteiger partial charge in [-0.25, -0.2) is 6.57 Å². The number of nitriles is 1. The van der Waals surface area contributed by atoms with E-state index in [1.807, 2.05) is 256 Å². The molecule has 6 bridgehead atoms. The molecule has 0 saturated carbocycles. The van der Waals surface area contributed by atoms with E-state index in [9.17, 15) is 5.26 Å². The molecule has 12 rings (SSSR count). The summed E-state index contributed by atoms with van der Waals surface area (Å²) in [6.45, 7) is 12.2. The van der Waals surface area contributed by atoms with Gasteiger partial charge in [-0.2, -0.15) is 5.26 Å². The molecule has 4 heterocycles. The molecule has 4 saturated heterocycles. The number of hydrogen-bond donors (Lipinski definition) is 0. The van der Waals surface area contributed by atoms with Gasteiger partial charge in [0.05, 0.1) is 12.1 Å². The molecule has 0 N–H and O–H groups in total. The number of hydrogen-bond acceptors (Lipinski definition) is 14. The van der Waals surface area contributed by atoms with E-state index in [1.54, 1.807) is 0 Å². The van der Waals surface area contributed by atoms with Crippen LogP contribution < -0.4 is 41.5 Å². The van der Waals surface area contributed by atoms with Crippen LogP contribution in [-0.4, -0.2) is 95.1 Å². The molecule has 4 aliphatic rings. The number of fused-ring (bicyclic) bond motifs is 6. The van der Waals surface area contributed by atoms with Crippen LogP contribution in [0.15, 0.2) is 243 Å². The van der Waals surface area contributed by atoms with Crippen molar-refractivity contribution in [2.45, 2.75) is 31.6 Å². The summed E-state index contributed by atoms with van der Waals surface area (Å²) >= 11 is 0. The summed E-state index contributed by atoms with van der Waals surface area (Å²) in [6, 6.07) is 79.6. The highest BCUT2D eigenvalue weighted by atomic mass is 28.6. The van der Waals surface area contributed by atoms with Crippen molar-refractivity contribution in [3.8, 4) is 6.07 Å². The molecule has 0 amide bonds. The van der Waals surface area contributed by atoms with Gasteiger partial charge in [0.15, 0.2) is 0 Å². The first kappa shape index (κ1) is 55.9. The highest BCUT2D eigenvalue weighted by molar-refractivity contribution is 7.09. The lowest BCUT2D eigenvalue weighted by atomic mass is 10.4. The molecule has 0 aliphatic carbocycles. The molecule has 4 fully saturated rings. The summed E-state index contributed by atoms with van der Waals surface area (Å²) in [5, 5.41) is 15.1. The fourth-order valence-electron chi connectivity index (χ4n) is 10.2. The van der Waals surface area contributed by atoms with Gasteiger partial charge in [0.1, 0.15) is 0 Å². The Morgan fingerprint density at radius 3 is 0.951 bits per heavy atom. The van der Waals surface area contributed by atoms with Gasteiger partial charge in [0, 0.05) is 43.6 Å². The van der Waals surface area contributed by atoms with Crippen molar-refractivity contribution in [3.05, 3.63) is 254 Å². The van der Waals surface area contributed by atoms with E-state index in [-0.39, 0.29) is 25.1 Å². The summed E-state index contributed by atoms with van der Waals surface area (Å²) in [4.78, 5) is 3.96. The van der Waals surface area contributed by atoms with E-state index in [4.69, 9.17) is 60.1 Å². The van der Waals surface area contributed by atoms with Crippen molar-refractivity contribution in [3.63, 3.8) is 0 Å². The highest BCUT2D eigenvalue weighted by Gasteiger charge is 2.78. The molecule has 408 valence electrons. The summed E-state index contributed by atoms with van der Waals surface area (Å²) in [7, 11) is -45.4. The molecule has 4 aliphatic heterocycles. The maximum absolute atomic E-state index is 10.6. The lowest BCUT2D eigenvalue weighted by molar-refractivity contribution is 0.0606. The minimum atomic E-state index is -5.15. The Hall–Kier alpha value is -5.61. The van der Waals surface area contributed by atoms with Gasteiger partial charge in [-0.1, -0.05) is 243 Å². The quantitative estimate of drug-likeness (QED) is 0.124. The molecule has 8 aromatic carbocycles. The minimum absolute atomic E-state index is 0.00168. The Kier molecular flexibility index (Phi) is 16.0. The van der Waals surface area contributed by atoms with Gasteiger partial charge >= 0.3 is 88.5 Å². The van der Waals surface area contributed by atoms with Gasteiger partial charge in [-0.05, 0) is 23.5 Å². The molecule has 15 nitrogen and oxygen atoms in total. The van der Waals surface area contributed by atoms with Crippen LogP contribution in [0.1, 0.15) is 6.42 Å². The number of benzene rings is 8. The fourth-order valence-corrected chi connectivity index (χ4v) is 61.8. The molecular weight excluding hydrogens is 1190 g/mol. The third-order valence-corrected chi connectivity index (χ3v) is 54.9. The van der Waals surface area contributed by atoms with Crippen molar-refractivity contribution < 1.29 is 53.5 Å². The zero-order valence-electron chi connectivity index (χ0n) is 44.3. The summed E-state index contributed by atoms with van der Waals surface area (Å²) in [6.07, 6.45) is 0.0541. The van der Waals surface area contributed by atoms with E-state index < -0.39 is 88.5 Å². The lowest BCUT2D eigenvalue weighted by Crippen LogP contribution is -2.89. The van der Waals surface area contributed by atoms with E-state index in [2.05, 4.69) is 10.9 Å². The molecule has 10 unspecified atom stereocenters. The summed E-state index contributed by atoms with van der Waals surface area (Å²) in [5.74, 6) is 0. The predicted octanol–water partition coefficient (Wildman–Crippen LogP) is 4.57. The fraction of sp³-hybridized carbons (Fsp3) is 0.107. The van der Waals surface area contributed by atoms with Crippen LogP contribution in [-0.2, 0) is 53.5 Å². The van der Waals surface area contributed by atoms with Crippen LogP contribution in [0.25, 0.3) is 4.85 Å². The third kappa shape index (κ3) is 11.2. The van der Waals surface area contributed by atoms with Crippen LogP contribution in [0.5, 0.6) is 0 Å². The van der Waals surface area contributed by atoms with E-state index >= 15 is 0 Å². The Morgan fingerprint density at radius 2 is 0.605 bits per heavy atom. The second-order valence-corrected chi connectivity index (χ2v) is 49.4. The molecule has 8 aromatic rings. The topological polar surface area (TPSA) is 148 Å². The third-order valence-electron chi connectivity index (χ3n) is 14.1. The maximum Gasteiger partial charge on any atom is 0.515 e. The first-order chi connectivity index (χ1) is 39.5. The van der Waals surface area contributed by atoms with Crippen molar-refractivity contribution in [1.82, 2.24) is 0 Å². The van der Waals surface area contributed by atoms with Gasteiger partial charge in [0.25, 0.3) is 0 Å². The normalized spacial score (nSPS) is 32.0. The Morgan fingerprint density at radius 1 is 0.346 bits per heavy atom. The smallest absolute Gasteiger partial charge is 0.414 e. The van der Waals surface area contributed by atoms with Crippen LogP contribution in [0.4, 0.5) is 0 Å². The molecule has 81 heavy (non-hydrogen) atoms. The lowest BCUT2D eigenvalue weighted by Gasteiger charge is -2.57. The van der Waals surface area contributed by atoms with Gasteiger partial charge in [0.2, 0.25) is 6.54 Å². The average molecular weight is 1250 g/mol. The minimum Gasteiger partial charge on any atom is -0.414 e. The first-order valence-electron chi connectivity index (χ1n) is 26.6. The van der Waals surface area contributed by atoms with Crippen LogP contribution in [0.3, 0.4) is 0 Å². The Labute approximate surface area is 483 Å². The standard InChI is InChI=1S/C56H56N2O13Si10/c1-58-46-48-75(3)64-76(51-33-16-6-17-34-51)61-73(50-31-14-5-15-32-50)62-78(53-37-20-8-21-38-53)67-79(54-39-22-9-23-40-54)63-74(2,47-28-45-57)59-72(49-29-12-4-13-30-49)60-77(66-76,52-35-18-7-19-36-52)69-81(70-79,56-43-26-11-27-44-56)71-80(65-75,68-78)55-41-24-10-25-42-55/h4-27,29-44,72-73H,28,46-48H2,2-3H3. The molecule has 0 aromatic heterocycles. The van der Waals surface area contributed by atoms with Gasteiger partial charge in [-0.15, -0.1) is 0 Å². The van der Waals surface area contributed by atoms with E-state index in [0.717, 1.165) is 5.19 Å². The summed E-state index contributed by atoms with van der Waals surface area (Å²) < 4.78 is 107. The summed E-state index contributed by atoms with van der Waals surface area (Å²) in [5.41, 5.74) is 0. The Bertz CT molecular complexity index is 3480. The molecular formula is C56H56N2O13Si10. The van der Waals surface area contributed by atoms with Crippen molar-refractivity contribution in [1.29, 1.82) is 5.26 Å². The van der Waals surface area contributed by atoms with Gasteiger partial charge in [-0.3, -0.25) is 0 Å². The van der Waals surface area contributed by atoms with Crippen molar-refractivity contribution >= 4 is 130 Å². The van der Waals surface area contributed by atoms with Crippen LogP contribution in [0, 0.1) is 17.9 Å². The molecule has 25 heteroatoms. The van der Waals surface area contributed by atoms with Gasteiger partial charge < -0.3 is 58.3 Å². The van der Waals surface area contributed by atoms with Crippen LogP contribution in [0.2, 0.25) is 25.2 Å². The molecule has 0 radical (unpaired) electrons. The van der Waals surface area contributed by atoms with E-state index in [1.165, 1.54) is 0 Å². The predicted molar refractivity (Wildman–Crippen MR) is 326 cm³/mol. The first-order valence-corrected chi connectivity index (χ1v) is 45.1. The Balaban J connectivity index is 1.34. The number of rotatable bonds is 12. The molecule has 0 spiro atoms. The second-order valence-electron chi connectivity index (χ2n) is 20.0. The molecule has 10 atom stereocenters. The zero-order chi connectivity index (χ0) is 55.5. The largest absolute Gasteiger partial charge is 0.515 e. The highest BCUT2D eigenvalue weighted by Crippen LogP contribution is 2.43.